The number of nitrogens with zero attached hydrogens (tertiary/aromatic N) is 1. The van der Waals surface area contributed by atoms with Crippen LogP contribution in [0.5, 0.6) is 0 Å². The molecule has 0 fully saturated rings. The second-order valence-corrected chi connectivity index (χ2v) is 2.32. The van der Waals surface area contributed by atoms with Gasteiger partial charge in [-0.05, 0) is 0 Å². The number of aromatic nitrogens is 1. The standard InChI is InChI=1S/C7H12N2O2/c1-2-5-3-6(9-11-5)7(10)4-8/h3,7,10H,2,4,8H2,1H3. The third kappa shape index (κ3) is 1.78. The predicted molar refractivity (Wildman–Crippen MR) is 39.9 cm³/mol. The number of aliphatic hydroxyl groups is 1. The highest BCUT2D eigenvalue weighted by Gasteiger charge is 2.10. The van der Waals surface area contributed by atoms with E-state index in [-0.39, 0.29) is 6.54 Å². The smallest absolute Gasteiger partial charge is 0.136 e. The Balaban J connectivity index is 2.71. The highest BCUT2D eigenvalue weighted by Crippen LogP contribution is 2.11. The van der Waals surface area contributed by atoms with E-state index in [2.05, 4.69) is 5.16 Å². The summed E-state index contributed by atoms with van der Waals surface area (Å²) in [6, 6.07) is 1.72. The molecule has 3 N–H and O–H groups in total. The molecule has 0 amide bonds. The van der Waals surface area contributed by atoms with Crippen molar-refractivity contribution >= 4 is 0 Å². The van der Waals surface area contributed by atoms with Crippen LogP contribution in [-0.4, -0.2) is 16.8 Å². The summed E-state index contributed by atoms with van der Waals surface area (Å²) < 4.78 is 4.87. The average molecular weight is 156 g/mol. The van der Waals surface area contributed by atoms with Gasteiger partial charge < -0.3 is 15.4 Å². The van der Waals surface area contributed by atoms with E-state index >= 15 is 0 Å². The zero-order valence-corrected chi connectivity index (χ0v) is 6.45. The van der Waals surface area contributed by atoms with Crippen molar-refractivity contribution in [2.24, 2.45) is 5.73 Å². The van der Waals surface area contributed by atoms with E-state index in [0.717, 1.165) is 12.2 Å². The Bertz CT molecular complexity index is 222. The third-order valence-electron chi connectivity index (χ3n) is 1.49. The van der Waals surface area contributed by atoms with Crippen LogP contribution in [0, 0.1) is 0 Å². The molecule has 1 unspecified atom stereocenters. The van der Waals surface area contributed by atoms with E-state index < -0.39 is 6.10 Å². The summed E-state index contributed by atoms with van der Waals surface area (Å²) in [5.74, 6) is 0.771. The summed E-state index contributed by atoms with van der Waals surface area (Å²) in [5, 5.41) is 12.8. The van der Waals surface area contributed by atoms with Crippen LogP contribution in [0.4, 0.5) is 0 Å². The van der Waals surface area contributed by atoms with Gasteiger partial charge in [-0.2, -0.15) is 0 Å². The lowest BCUT2D eigenvalue weighted by molar-refractivity contribution is 0.175. The average Bonchev–Trinajstić information content (AvgIpc) is 2.50. The summed E-state index contributed by atoms with van der Waals surface area (Å²) in [6.07, 6.45) is 0.0867. The number of hydrogen-bond acceptors (Lipinski definition) is 4. The summed E-state index contributed by atoms with van der Waals surface area (Å²) in [6.45, 7) is 2.13. The largest absolute Gasteiger partial charge is 0.385 e. The fourth-order valence-electron chi connectivity index (χ4n) is 0.773. The third-order valence-corrected chi connectivity index (χ3v) is 1.49. The maximum absolute atomic E-state index is 9.19. The molecule has 4 nitrogen and oxygen atoms in total. The van der Waals surface area contributed by atoms with Crippen molar-refractivity contribution in [2.75, 3.05) is 6.54 Å². The first-order valence-electron chi connectivity index (χ1n) is 3.61. The second kappa shape index (κ2) is 3.50. The molecule has 0 spiro atoms. The Morgan fingerprint density at radius 1 is 1.82 bits per heavy atom. The zero-order chi connectivity index (χ0) is 8.27. The molecule has 1 heterocycles. The van der Waals surface area contributed by atoms with Crippen molar-refractivity contribution in [3.05, 3.63) is 17.5 Å². The minimum atomic E-state index is -0.695. The van der Waals surface area contributed by atoms with Gasteiger partial charge >= 0.3 is 0 Å². The van der Waals surface area contributed by atoms with Gasteiger partial charge in [0.2, 0.25) is 0 Å². The van der Waals surface area contributed by atoms with Gasteiger partial charge in [0.25, 0.3) is 0 Å². The van der Waals surface area contributed by atoms with Gasteiger partial charge in [0, 0.05) is 19.0 Å². The van der Waals surface area contributed by atoms with E-state index in [1.165, 1.54) is 0 Å². The fraction of sp³-hybridized carbons (Fsp3) is 0.571. The van der Waals surface area contributed by atoms with Crippen LogP contribution in [0.3, 0.4) is 0 Å². The first-order valence-corrected chi connectivity index (χ1v) is 3.61. The van der Waals surface area contributed by atoms with Gasteiger partial charge in [0.15, 0.2) is 0 Å². The quantitative estimate of drug-likeness (QED) is 0.657. The van der Waals surface area contributed by atoms with E-state index in [1.807, 2.05) is 6.92 Å². The molecular formula is C7H12N2O2. The van der Waals surface area contributed by atoms with Gasteiger partial charge in [0.05, 0.1) is 0 Å². The SMILES string of the molecule is CCc1cc(C(O)CN)no1. The first-order chi connectivity index (χ1) is 5.27. The number of nitrogens with two attached hydrogens (primary N) is 1. The lowest BCUT2D eigenvalue weighted by Crippen LogP contribution is -2.11. The number of rotatable bonds is 3. The predicted octanol–water partition coefficient (Wildman–Crippen LogP) is 0.229. The van der Waals surface area contributed by atoms with Crippen molar-refractivity contribution < 1.29 is 9.63 Å². The molecule has 0 saturated heterocycles. The summed E-state index contributed by atoms with van der Waals surface area (Å²) in [4.78, 5) is 0. The number of aryl methyl sites for hydroxylation is 1. The van der Waals surface area contributed by atoms with Crippen LogP contribution in [0.2, 0.25) is 0 Å². The maximum atomic E-state index is 9.19. The molecule has 0 radical (unpaired) electrons. The molecule has 62 valence electrons. The molecule has 0 bridgehead atoms. The van der Waals surface area contributed by atoms with E-state index in [4.69, 9.17) is 10.3 Å². The molecule has 1 aromatic heterocycles. The summed E-state index contributed by atoms with van der Waals surface area (Å²) >= 11 is 0. The zero-order valence-electron chi connectivity index (χ0n) is 6.45. The van der Waals surface area contributed by atoms with Crippen LogP contribution in [0.25, 0.3) is 0 Å². The normalized spacial score (nSPS) is 13.4. The minimum absolute atomic E-state index is 0.176. The van der Waals surface area contributed by atoms with Crippen molar-refractivity contribution in [1.82, 2.24) is 5.16 Å². The van der Waals surface area contributed by atoms with Crippen LogP contribution < -0.4 is 5.73 Å². The molecule has 4 heteroatoms. The van der Waals surface area contributed by atoms with Crippen molar-refractivity contribution in [3.8, 4) is 0 Å². The molecule has 0 aromatic carbocycles. The van der Waals surface area contributed by atoms with Gasteiger partial charge in [-0.25, -0.2) is 0 Å². The Morgan fingerprint density at radius 3 is 3.00 bits per heavy atom. The van der Waals surface area contributed by atoms with Gasteiger partial charge in [-0.1, -0.05) is 12.1 Å². The molecule has 0 saturated carbocycles. The van der Waals surface area contributed by atoms with Crippen LogP contribution in [-0.2, 0) is 6.42 Å². The Kier molecular flexibility index (Phi) is 2.62. The van der Waals surface area contributed by atoms with Gasteiger partial charge in [-0.15, -0.1) is 0 Å². The molecule has 1 atom stereocenters. The molecular weight excluding hydrogens is 144 g/mol. The highest BCUT2D eigenvalue weighted by molar-refractivity contribution is 5.08. The Morgan fingerprint density at radius 2 is 2.55 bits per heavy atom. The second-order valence-electron chi connectivity index (χ2n) is 2.32. The molecule has 1 aromatic rings. The van der Waals surface area contributed by atoms with E-state index in [9.17, 15) is 5.11 Å². The lowest BCUT2D eigenvalue weighted by atomic mass is 10.2. The lowest BCUT2D eigenvalue weighted by Gasteiger charge is -1.99. The first kappa shape index (κ1) is 8.23. The van der Waals surface area contributed by atoms with Crippen molar-refractivity contribution in [2.45, 2.75) is 19.4 Å². The summed E-state index contributed by atoms with van der Waals surface area (Å²) in [5.41, 5.74) is 5.74. The maximum Gasteiger partial charge on any atom is 0.136 e. The van der Waals surface area contributed by atoms with Crippen molar-refractivity contribution in [1.29, 1.82) is 0 Å². The van der Waals surface area contributed by atoms with Crippen LogP contribution >= 0.6 is 0 Å². The fourth-order valence-corrected chi connectivity index (χ4v) is 0.773. The molecule has 0 aliphatic rings. The van der Waals surface area contributed by atoms with Crippen LogP contribution in [0.15, 0.2) is 10.6 Å². The van der Waals surface area contributed by atoms with Crippen LogP contribution in [0.1, 0.15) is 24.5 Å². The molecule has 1 rings (SSSR count). The minimum Gasteiger partial charge on any atom is -0.385 e. The van der Waals surface area contributed by atoms with E-state index in [0.29, 0.717) is 5.69 Å². The van der Waals surface area contributed by atoms with Crippen molar-refractivity contribution in [3.63, 3.8) is 0 Å². The summed E-state index contributed by atoms with van der Waals surface area (Å²) in [7, 11) is 0. The Labute approximate surface area is 65.0 Å². The van der Waals surface area contributed by atoms with E-state index in [1.54, 1.807) is 6.07 Å². The monoisotopic (exact) mass is 156 g/mol. The Hall–Kier alpha value is -0.870. The number of hydrogen-bond donors (Lipinski definition) is 2. The molecule has 0 aliphatic heterocycles. The topological polar surface area (TPSA) is 72.3 Å². The van der Waals surface area contributed by atoms with Gasteiger partial charge in [0.1, 0.15) is 17.6 Å². The highest BCUT2D eigenvalue weighted by atomic mass is 16.5. The molecule has 0 aliphatic carbocycles. The molecule has 11 heavy (non-hydrogen) atoms. The number of aliphatic hydroxyl groups excluding tert-OH is 1. The van der Waals surface area contributed by atoms with Gasteiger partial charge in [-0.3, -0.25) is 0 Å².